The molecule has 1 aliphatic rings. The molecular formula is C14H19BrFNO. The summed E-state index contributed by atoms with van der Waals surface area (Å²) in [5.41, 5.74) is 0.856. The second-order valence-electron chi connectivity index (χ2n) is 5.64. The summed E-state index contributed by atoms with van der Waals surface area (Å²) in [6, 6.07) is 5.05. The van der Waals surface area contributed by atoms with Gasteiger partial charge in [0.1, 0.15) is 5.82 Å². The van der Waals surface area contributed by atoms with E-state index in [9.17, 15) is 4.39 Å². The highest BCUT2D eigenvalue weighted by molar-refractivity contribution is 9.10. The van der Waals surface area contributed by atoms with Gasteiger partial charge in [-0.25, -0.2) is 4.39 Å². The van der Waals surface area contributed by atoms with Gasteiger partial charge in [-0.2, -0.15) is 0 Å². The standard InChI is InChI=1S/C14H19BrFNO/c1-10-7-17(9-14(2,3)18-10)8-11-4-12(15)6-13(16)5-11/h4-6,10H,7-9H2,1-3H3. The second kappa shape index (κ2) is 5.27. The Balaban J connectivity index is 2.08. The number of nitrogens with zero attached hydrogens (tertiary/aromatic N) is 1. The van der Waals surface area contributed by atoms with Crippen molar-refractivity contribution in [2.24, 2.45) is 0 Å². The van der Waals surface area contributed by atoms with Crippen LogP contribution >= 0.6 is 15.9 Å². The monoisotopic (exact) mass is 315 g/mol. The van der Waals surface area contributed by atoms with Gasteiger partial charge in [0.2, 0.25) is 0 Å². The molecule has 2 rings (SSSR count). The quantitative estimate of drug-likeness (QED) is 0.827. The van der Waals surface area contributed by atoms with Gasteiger partial charge in [0.15, 0.2) is 0 Å². The third-order valence-corrected chi connectivity index (χ3v) is 3.43. The molecule has 1 fully saturated rings. The zero-order valence-corrected chi connectivity index (χ0v) is 12.6. The Kier molecular flexibility index (Phi) is 4.09. The molecule has 0 bridgehead atoms. The van der Waals surface area contributed by atoms with Gasteiger partial charge in [-0.05, 0) is 44.5 Å². The first-order valence-corrected chi connectivity index (χ1v) is 6.98. The zero-order chi connectivity index (χ0) is 13.3. The largest absolute Gasteiger partial charge is 0.370 e. The van der Waals surface area contributed by atoms with Crippen LogP contribution in [0.15, 0.2) is 22.7 Å². The number of morpholine rings is 1. The fraction of sp³-hybridized carbons (Fsp3) is 0.571. The summed E-state index contributed by atoms with van der Waals surface area (Å²) in [5.74, 6) is -0.194. The molecule has 18 heavy (non-hydrogen) atoms. The van der Waals surface area contributed by atoms with E-state index in [0.29, 0.717) is 0 Å². The summed E-state index contributed by atoms with van der Waals surface area (Å²) < 4.78 is 20.0. The second-order valence-corrected chi connectivity index (χ2v) is 6.55. The van der Waals surface area contributed by atoms with Crippen molar-refractivity contribution in [3.63, 3.8) is 0 Å². The number of ether oxygens (including phenoxy) is 1. The number of hydrogen-bond donors (Lipinski definition) is 0. The normalized spacial score (nSPS) is 24.2. The van der Waals surface area contributed by atoms with E-state index < -0.39 is 0 Å². The first-order chi connectivity index (χ1) is 8.34. The van der Waals surface area contributed by atoms with Crippen LogP contribution in [0.3, 0.4) is 0 Å². The van der Waals surface area contributed by atoms with Crippen LogP contribution in [0, 0.1) is 5.82 Å². The molecule has 0 spiro atoms. The lowest BCUT2D eigenvalue weighted by atomic mass is 10.0. The third-order valence-electron chi connectivity index (χ3n) is 2.97. The van der Waals surface area contributed by atoms with Gasteiger partial charge in [-0.3, -0.25) is 4.90 Å². The molecule has 1 aliphatic heterocycles. The minimum atomic E-state index is -0.194. The van der Waals surface area contributed by atoms with Crippen molar-refractivity contribution in [3.8, 4) is 0 Å². The molecule has 0 aliphatic carbocycles. The van der Waals surface area contributed by atoms with Crippen LogP contribution < -0.4 is 0 Å². The maximum absolute atomic E-state index is 13.3. The Labute approximate surface area is 116 Å². The summed E-state index contributed by atoms with van der Waals surface area (Å²) in [7, 11) is 0. The maximum atomic E-state index is 13.3. The van der Waals surface area contributed by atoms with Gasteiger partial charge >= 0.3 is 0 Å². The fourth-order valence-electron chi connectivity index (χ4n) is 2.67. The predicted octanol–water partition coefficient (Wildman–Crippen LogP) is 3.59. The van der Waals surface area contributed by atoms with E-state index in [-0.39, 0.29) is 17.5 Å². The molecule has 0 aromatic heterocycles. The molecule has 100 valence electrons. The van der Waals surface area contributed by atoms with Crippen molar-refractivity contribution >= 4 is 15.9 Å². The summed E-state index contributed by atoms with van der Waals surface area (Å²) in [5, 5.41) is 0. The summed E-state index contributed by atoms with van der Waals surface area (Å²) in [6.07, 6.45) is 0.214. The highest BCUT2D eigenvalue weighted by Crippen LogP contribution is 2.23. The highest BCUT2D eigenvalue weighted by Gasteiger charge is 2.31. The van der Waals surface area contributed by atoms with Crippen LogP contribution in [0.2, 0.25) is 0 Å². The molecule has 0 radical (unpaired) electrons. The van der Waals surface area contributed by atoms with Gasteiger partial charge in [0.25, 0.3) is 0 Å². The van der Waals surface area contributed by atoms with Gasteiger partial charge in [0, 0.05) is 24.1 Å². The molecule has 1 aromatic carbocycles. The molecule has 1 saturated heterocycles. The average Bonchev–Trinajstić information content (AvgIpc) is 2.10. The molecule has 4 heteroatoms. The van der Waals surface area contributed by atoms with E-state index in [1.54, 1.807) is 6.07 Å². The number of hydrogen-bond acceptors (Lipinski definition) is 2. The van der Waals surface area contributed by atoms with E-state index in [0.717, 1.165) is 29.7 Å². The van der Waals surface area contributed by atoms with E-state index in [2.05, 4.69) is 41.6 Å². The van der Waals surface area contributed by atoms with Gasteiger partial charge in [-0.1, -0.05) is 15.9 Å². The first-order valence-electron chi connectivity index (χ1n) is 6.19. The van der Waals surface area contributed by atoms with Crippen molar-refractivity contribution in [2.45, 2.75) is 39.0 Å². The Morgan fingerprint density at radius 3 is 2.78 bits per heavy atom. The van der Waals surface area contributed by atoms with E-state index in [1.807, 2.05) is 6.07 Å². The average molecular weight is 316 g/mol. The maximum Gasteiger partial charge on any atom is 0.124 e. The van der Waals surface area contributed by atoms with Crippen molar-refractivity contribution in [3.05, 3.63) is 34.1 Å². The summed E-state index contributed by atoms with van der Waals surface area (Å²) in [4.78, 5) is 2.31. The Morgan fingerprint density at radius 1 is 1.44 bits per heavy atom. The summed E-state index contributed by atoms with van der Waals surface area (Å²) >= 11 is 3.33. The molecule has 0 N–H and O–H groups in total. The molecule has 1 unspecified atom stereocenters. The predicted molar refractivity (Wildman–Crippen MR) is 74.0 cm³/mol. The highest BCUT2D eigenvalue weighted by atomic mass is 79.9. The van der Waals surface area contributed by atoms with Crippen molar-refractivity contribution in [1.29, 1.82) is 0 Å². The van der Waals surface area contributed by atoms with Crippen LogP contribution in [0.4, 0.5) is 4.39 Å². The van der Waals surface area contributed by atoms with Crippen LogP contribution in [0.1, 0.15) is 26.3 Å². The lowest BCUT2D eigenvalue weighted by molar-refractivity contribution is -0.130. The summed E-state index contributed by atoms with van der Waals surface area (Å²) in [6.45, 7) is 8.78. The lowest BCUT2D eigenvalue weighted by Crippen LogP contribution is -2.51. The van der Waals surface area contributed by atoms with E-state index in [4.69, 9.17) is 4.74 Å². The first kappa shape index (κ1) is 14.0. The third kappa shape index (κ3) is 3.77. The molecule has 0 amide bonds. The number of rotatable bonds is 2. The number of benzene rings is 1. The van der Waals surface area contributed by atoms with Crippen LogP contribution in [0.25, 0.3) is 0 Å². The van der Waals surface area contributed by atoms with Crippen LogP contribution in [0.5, 0.6) is 0 Å². The molecule has 0 saturated carbocycles. The van der Waals surface area contributed by atoms with Gasteiger partial charge in [0.05, 0.1) is 11.7 Å². The Hall–Kier alpha value is -0.450. The van der Waals surface area contributed by atoms with Crippen molar-refractivity contribution < 1.29 is 9.13 Å². The zero-order valence-electron chi connectivity index (χ0n) is 11.0. The van der Waals surface area contributed by atoms with Crippen molar-refractivity contribution in [2.75, 3.05) is 13.1 Å². The Morgan fingerprint density at radius 2 is 2.17 bits per heavy atom. The van der Waals surface area contributed by atoms with Gasteiger partial charge in [-0.15, -0.1) is 0 Å². The smallest absolute Gasteiger partial charge is 0.124 e. The fourth-order valence-corrected chi connectivity index (χ4v) is 3.18. The molecular weight excluding hydrogens is 297 g/mol. The van der Waals surface area contributed by atoms with Crippen LogP contribution in [-0.4, -0.2) is 29.7 Å². The van der Waals surface area contributed by atoms with Crippen LogP contribution in [-0.2, 0) is 11.3 Å². The Bertz CT molecular complexity index is 416. The SMILES string of the molecule is CC1CN(Cc2cc(F)cc(Br)c2)CC(C)(C)O1. The molecule has 1 atom stereocenters. The number of halogens is 2. The van der Waals surface area contributed by atoms with Gasteiger partial charge < -0.3 is 4.74 Å². The topological polar surface area (TPSA) is 12.5 Å². The van der Waals surface area contributed by atoms with E-state index in [1.165, 1.54) is 6.07 Å². The van der Waals surface area contributed by atoms with Crippen molar-refractivity contribution in [1.82, 2.24) is 4.90 Å². The molecule has 1 aromatic rings. The minimum Gasteiger partial charge on any atom is -0.370 e. The molecule has 2 nitrogen and oxygen atoms in total. The molecule has 1 heterocycles. The van der Waals surface area contributed by atoms with E-state index >= 15 is 0 Å². The lowest BCUT2D eigenvalue weighted by Gasteiger charge is -2.41. The minimum absolute atomic E-state index is 0.137.